The second-order valence-electron chi connectivity index (χ2n) is 14.6. The maximum atomic E-state index is 4.78. The van der Waals surface area contributed by atoms with Crippen LogP contribution in [0.15, 0.2) is 219 Å². The Balaban J connectivity index is 1.16. The molecule has 0 radical (unpaired) electrons. The van der Waals surface area contributed by atoms with Crippen LogP contribution in [-0.2, 0) is 0 Å². The number of nitrogens with zero attached hydrogens (tertiary/aromatic N) is 4. The lowest BCUT2D eigenvalue weighted by Crippen LogP contribution is -2.13. The van der Waals surface area contributed by atoms with Crippen molar-refractivity contribution in [2.75, 3.05) is 9.80 Å². The monoisotopic (exact) mass is 772 g/mol. The molecule has 0 amide bonds. The minimum atomic E-state index is 0.816. The predicted molar refractivity (Wildman–Crippen MR) is 250 cm³/mol. The van der Waals surface area contributed by atoms with Crippen molar-refractivity contribution in [1.29, 1.82) is 0 Å². The summed E-state index contributed by atoms with van der Waals surface area (Å²) in [6, 6.07) is 73.7. The molecule has 0 saturated heterocycles. The number of thiophene rings is 1. The first-order chi connectivity index (χ1) is 29.3. The summed E-state index contributed by atoms with van der Waals surface area (Å²) in [4.78, 5) is 14.2. The molecule has 0 spiro atoms. The second kappa shape index (κ2) is 14.7. The van der Waals surface area contributed by atoms with Gasteiger partial charge in [0, 0.05) is 54.7 Å². The largest absolute Gasteiger partial charge is 0.309 e. The van der Waals surface area contributed by atoms with E-state index in [0.717, 1.165) is 39.5 Å². The fourth-order valence-electron chi connectivity index (χ4n) is 8.37. The molecule has 4 nitrogen and oxygen atoms in total. The molecule has 278 valence electrons. The first-order valence-electron chi connectivity index (χ1n) is 19.8. The number of aromatic nitrogens is 2. The van der Waals surface area contributed by atoms with Crippen LogP contribution in [0.3, 0.4) is 0 Å². The third-order valence-corrected chi connectivity index (χ3v) is 12.2. The standard InChI is InChI=1S/C54H36N4S/c1-3-14-37(15-4-1)39-24-28-43(29-25-39)57(44-30-26-40(27-31-44)38-16-5-2-6-17-38)54-45-20-8-7-18-42(45)35-50-53(54)47-34-41-19-13-21-48(46(41)36-49(47)59-50)58(51-22-9-11-32-55-51)52-23-10-12-33-56-52/h1-36H. The molecule has 0 N–H and O–H groups in total. The maximum Gasteiger partial charge on any atom is 0.138 e. The van der Waals surface area contributed by atoms with Crippen LogP contribution in [0, 0.1) is 0 Å². The zero-order valence-electron chi connectivity index (χ0n) is 32.0. The fourth-order valence-corrected chi connectivity index (χ4v) is 9.55. The smallest absolute Gasteiger partial charge is 0.138 e. The van der Waals surface area contributed by atoms with Crippen LogP contribution in [0.25, 0.3) is 64.0 Å². The van der Waals surface area contributed by atoms with E-state index in [2.05, 4.69) is 180 Å². The van der Waals surface area contributed by atoms with Crippen molar-refractivity contribution in [2.24, 2.45) is 0 Å². The molecule has 0 atom stereocenters. The number of anilines is 6. The Kier molecular flexibility index (Phi) is 8.64. The first-order valence-corrected chi connectivity index (χ1v) is 20.6. The minimum absolute atomic E-state index is 0.816. The number of fused-ring (bicyclic) bond motifs is 5. The molecule has 0 unspecified atom stereocenters. The fraction of sp³-hybridized carbons (Fsp3) is 0. The number of benzene rings is 8. The van der Waals surface area contributed by atoms with Gasteiger partial charge in [0.25, 0.3) is 0 Å². The molecule has 11 rings (SSSR count). The van der Waals surface area contributed by atoms with Gasteiger partial charge in [-0.1, -0.05) is 133 Å². The summed E-state index contributed by atoms with van der Waals surface area (Å²) in [7, 11) is 0. The van der Waals surface area contributed by atoms with Crippen LogP contribution in [0.1, 0.15) is 0 Å². The van der Waals surface area contributed by atoms with Crippen LogP contribution >= 0.6 is 11.3 Å². The number of hydrogen-bond donors (Lipinski definition) is 0. The van der Waals surface area contributed by atoms with E-state index in [1.54, 1.807) is 0 Å². The summed E-state index contributed by atoms with van der Waals surface area (Å²) in [5, 5.41) is 7.15. The summed E-state index contributed by atoms with van der Waals surface area (Å²) in [6.45, 7) is 0. The van der Waals surface area contributed by atoms with Gasteiger partial charge in [-0.25, -0.2) is 9.97 Å². The van der Waals surface area contributed by atoms with Gasteiger partial charge in [-0.2, -0.15) is 0 Å². The van der Waals surface area contributed by atoms with E-state index in [-0.39, 0.29) is 0 Å². The van der Waals surface area contributed by atoms with Gasteiger partial charge >= 0.3 is 0 Å². The van der Waals surface area contributed by atoms with Crippen LogP contribution in [0.5, 0.6) is 0 Å². The summed E-state index contributed by atoms with van der Waals surface area (Å²) in [6.07, 6.45) is 3.67. The van der Waals surface area contributed by atoms with Crippen molar-refractivity contribution in [2.45, 2.75) is 0 Å². The molecule has 11 aromatic rings. The molecular formula is C54H36N4S. The zero-order valence-corrected chi connectivity index (χ0v) is 32.8. The molecule has 0 aliphatic heterocycles. The SMILES string of the molecule is c1ccc(-c2ccc(N(c3ccc(-c4ccccc4)cc3)c3c4ccccc4cc4sc5cc6c(N(c7ccccn7)c7ccccn7)cccc6cc5c34)cc2)cc1. The van der Waals surface area contributed by atoms with E-state index in [1.807, 2.05) is 60.1 Å². The summed E-state index contributed by atoms with van der Waals surface area (Å²) < 4.78 is 2.46. The molecule has 0 aliphatic carbocycles. The van der Waals surface area contributed by atoms with E-state index in [0.29, 0.717) is 0 Å². The molecule has 59 heavy (non-hydrogen) atoms. The van der Waals surface area contributed by atoms with Crippen molar-refractivity contribution in [1.82, 2.24) is 9.97 Å². The molecule has 0 saturated carbocycles. The molecule has 0 aliphatic rings. The highest BCUT2D eigenvalue weighted by molar-refractivity contribution is 7.26. The molecule has 0 fully saturated rings. The van der Waals surface area contributed by atoms with Crippen molar-refractivity contribution in [3.8, 4) is 22.3 Å². The van der Waals surface area contributed by atoms with E-state index in [4.69, 9.17) is 9.97 Å². The Morgan fingerprint density at radius 1 is 0.356 bits per heavy atom. The lowest BCUT2D eigenvalue weighted by molar-refractivity contribution is 1.13. The average molecular weight is 773 g/mol. The lowest BCUT2D eigenvalue weighted by atomic mass is 9.98. The van der Waals surface area contributed by atoms with Crippen LogP contribution in [0.2, 0.25) is 0 Å². The zero-order chi connectivity index (χ0) is 39.1. The van der Waals surface area contributed by atoms with Crippen molar-refractivity contribution < 1.29 is 0 Å². The first kappa shape index (κ1) is 34.6. The van der Waals surface area contributed by atoms with Gasteiger partial charge in [0.15, 0.2) is 0 Å². The second-order valence-corrected chi connectivity index (χ2v) is 15.7. The maximum absolute atomic E-state index is 4.78. The third kappa shape index (κ3) is 6.25. The van der Waals surface area contributed by atoms with E-state index >= 15 is 0 Å². The number of pyridine rings is 2. The van der Waals surface area contributed by atoms with Gasteiger partial charge in [0.2, 0.25) is 0 Å². The topological polar surface area (TPSA) is 32.3 Å². The Hall–Kier alpha value is -7.60. The van der Waals surface area contributed by atoms with Crippen molar-refractivity contribution >= 4 is 87.4 Å². The van der Waals surface area contributed by atoms with Gasteiger partial charge < -0.3 is 4.90 Å². The Bertz CT molecular complexity index is 3120. The molecule has 0 bridgehead atoms. The highest BCUT2D eigenvalue weighted by Gasteiger charge is 2.24. The van der Waals surface area contributed by atoms with Crippen molar-refractivity contribution in [3.05, 3.63) is 219 Å². The van der Waals surface area contributed by atoms with Crippen molar-refractivity contribution in [3.63, 3.8) is 0 Å². The van der Waals surface area contributed by atoms with E-state index in [1.165, 1.54) is 58.9 Å². The van der Waals surface area contributed by atoms with Crippen LogP contribution in [0.4, 0.5) is 34.4 Å². The normalized spacial score (nSPS) is 11.4. The average Bonchev–Trinajstić information content (AvgIpc) is 3.67. The minimum Gasteiger partial charge on any atom is -0.309 e. The quantitative estimate of drug-likeness (QED) is 0.154. The van der Waals surface area contributed by atoms with Gasteiger partial charge in [0.1, 0.15) is 11.6 Å². The highest BCUT2D eigenvalue weighted by atomic mass is 32.1. The third-order valence-electron chi connectivity index (χ3n) is 11.1. The van der Waals surface area contributed by atoms with E-state index < -0.39 is 0 Å². The Morgan fingerprint density at radius 3 is 1.47 bits per heavy atom. The van der Waals surface area contributed by atoms with Crippen LogP contribution < -0.4 is 9.80 Å². The number of hydrogen-bond acceptors (Lipinski definition) is 5. The molecule has 3 heterocycles. The molecule has 8 aromatic carbocycles. The van der Waals surface area contributed by atoms with Gasteiger partial charge in [0.05, 0.1) is 11.4 Å². The van der Waals surface area contributed by atoms with Gasteiger partial charge in [-0.05, 0) is 106 Å². The molecule has 5 heteroatoms. The number of rotatable bonds is 8. The molecule has 3 aromatic heterocycles. The van der Waals surface area contributed by atoms with Gasteiger partial charge in [-0.3, -0.25) is 4.90 Å². The lowest BCUT2D eigenvalue weighted by Gasteiger charge is -2.28. The van der Waals surface area contributed by atoms with E-state index in [9.17, 15) is 0 Å². The Labute approximate surface area is 346 Å². The summed E-state index contributed by atoms with van der Waals surface area (Å²) >= 11 is 1.85. The summed E-state index contributed by atoms with van der Waals surface area (Å²) in [5.41, 5.74) is 9.16. The van der Waals surface area contributed by atoms with Crippen LogP contribution in [-0.4, -0.2) is 9.97 Å². The molecular weight excluding hydrogens is 737 g/mol. The van der Waals surface area contributed by atoms with Gasteiger partial charge in [-0.15, -0.1) is 11.3 Å². The predicted octanol–water partition coefficient (Wildman–Crippen LogP) is 15.4. The highest BCUT2D eigenvalue weighted by Crippen LogP contribution is 2.50. The summed E-state index contributed by atoms with van der Waals surface area (Å²) in [5.74, 6) is 1.63. The Morgan fingerprint density at radius 2 is 0.881 bits per heavy atom.